The maximum absolute atomic E-state index is 14.9. The van der Waals surface area contributed by atoms with E-state index in [4.69, 9.17) is 0 Å². The summed E-state index contributed by atoms with van der Waals surface area (Å²) >= 11 is 0. The molecule has 9 heteroatoms. The van der Waals surface area contributed by atoms with Gasteiger partial charge in [-0.2, -0.15) is 9.40 Å². The fourth-order valence-corrected chi connectivity index (χ4v) is 4.56. The summed E-state index contributed by atoms with van der Waals surface area (Å²) in [6.07, 6.45) is 1.80. The van der Waals surface area contributed by atoms with E-state index in [1.807, 2.05) is 42.2 Å². The summed E-state index contributed by atoms with van der Waals surface area (Å²) in [5.74, 6) is -0.201. The zero-order chi connectivity index (χ0) is 19.9. The second-order valence-corrected chi connectivity index (χ2v) is 9.14. The fourth-order valence-electron chi connectivity index (χ4n) is 3.71. The Labute approximate surface area is 163 Å². The van der Waals surface area contributed by atoms with Crippen LogP contribution in [0.15, 0.2) is 36.4 Å². The maximum Gasteiger partial charge on any atom is 0.211 e. The normalized spacial score (nSPS) is 18.7. The molecule has 28 heavy (non-hydrogen) atoms. The van der Waals surface area contributed by atoms with E-state index in [2.05, 4.69) is 15.2 Å². The molecule has 7 nitrogen and oxygen atoms in total. The molecule has 0 amide bonds. The molecule has 0 bridgehead atoms. The molecular weight excluding hydrogens is 381 g/mol. The minimum absolute atomic E-state index is 0.225. The summed E-state index contributed by atoms with van der Waals surface area (Å²) < 4.78 is 40.5. The molecular formula is C19H22FN5O2S. The Hall–Kier alpha value is -2.52. The number of H-pyrrole nitrogens is 1. The number of aryl methyl sites for hydroxylation is 1. The minimum Gasteiger partial charge on any atom is -0.348 e. The first-order valence-electron chi connectivity index (χ1n) is 9.10. The van der Waals surface area contributed by atoms with Crippen LogP contribution in [0.4, 0.5) is 10.2 Å². The Morgan fingerprint density at radius 3 is 2.71 bits per heavy atom. The average Bonchev–Trinajstić information content (AvgIpc) is 3.01. The lowest BCUT2D eigenvalue weighted by molar-refractivity contribution is 0.329. The predicted molar refractivity (Wildman–Crippen MR) is 106 cm³/mol. The molecule has 2 aromatic heterocycles. The van der Waals surface area contributed by atoms with Crippen molar-refractivity contribution in [2.24, 2.45) is 0 Å². The number of hydrogen-bond donors (Lipinski definition) is 1. The standard InChI is InChI=1S/C19H22FN5O2S/c1-13-18-17(23-22-13)11-16(20)19(21-18)25-9-8-24(28(2,26)27)12-15(25)10-14-6-4-3-5-7-14/h3-7,11,15H,8-10,12H2,1-2H3,(H,22,23)/t15-/m1/s1. The van der Waals surface area contributed by atoms with E-state index in [0.717, 1.165) is 5.56 Å². The van der Waals surface area contributed by atoms with Crippen molar-refractivity contribution in [1.29, 1.82) is 0 Å². The number of nitrogens with one attached hydrogen (secondary N) is 1. The molecule has 0 aliphatic carbocycles. The van der Waals surface area contributed by atoms with E-state index in [1.54, 1.807) is 0 Å². The van der Waals surface area contributed by atoms with Gasteiger partial charge in [0.15, 0.2) is 11.6 Å². The van der Waals surface area contributed by atoms with Gasteiger partial charge in [-0.05, 0) is 18.9 Å². The molecule has 1 fully saturated rings. The second kappa shape index (κ2) is 7.14. The summed E-state index contributed by atoms with van der Waals surface area (Å²) in [5, 5.41) is 6.87. The highest BCUT2D eigenvalue weighted by molar-refractivity contribution is 7.88. The van der Waals surface area contributed by atoms with E-state index < -0.39 is 15.8 Å². The van der Waals surface area contributed by atoms with Crippen LogP contribution < -0.4 is 4.90 Å². The Morgan fingerprint density at radius 2 is 2.00 bits per heavy atom. The van der Waals surface area contributed by atoms with Gasteiger partial charge in [0.2, 0.25) is 10.0 Å². The molecule has 148 valence electrons. The van der Waals surface area contributed by atoms with Crippen LogP contribution in [0.5, 0.6) is 0 Å². The minimum atomic E-state index is -3.32. The third-order valence-corrected chi connectivity index (χ3v) is 6.41. The van der Waals surface area contributed by atoms with Crippen LogP contribution in [0.2, 0.25) is 0 Å². The lowest BCUT2D eigenvalue weighted by Crippen LogP contribution is -2.56. The van der Waals surface area contributed by atoms with Gasteiger partial charge in [0.25, 0.3) is 0 Å². The van der Waals surface area contributed by atoms with Crippen molar-refractivity contribution in [3.8, 4) is 0 Å². The van der Waals surface area contributed by atoms with Crippen molar-refractivity contribution in [3.05, 3.63) is 53.5 Å². The Balaban J connectivity index is 1.73. The molecule has 0 radical (unpaired) electrons. The molecule has 3 aromatic rings. The van der Waals surface area contributed by atoms with Crippen LogP contribution in [0.25, 0.3) is 11.0 Å². The zero-order valence-corrected chi connectivity index (χ0v) is 16.6. The number of aromatic nitrogens is 3. The number of halogens is 1. The van der Waals surface area contributed by atoms with Gasteiger partial charge in [0, 0.05) is 31.7 Å². The van der Waals surface area contributed by atoms with E-state index in [9.17, 15) is 12.8 Å². The molecule has 3 heterocycles. The number of piperazine rings is 1. The molecule has 1 saturated heterocycles. The number of anilines is 1. The van der Waals surface area contributed by atoms with Crippen LogP contribution in [0.1, 0.15) is 11.3 Å². The smallest absolute Gasteiger partial charge is 0.211 e. The van der Waals surface area contributed by atoms with Crippen LogP contribution in [0.3, 0.4) is 0 Å². The van der Waals surface area contributed by atoms with E-state index in [0.29, 0.717) is 36.2 Å². The summed E-state index contributed by atoms with van der Waals surface area (Å²) in [6.45, 7) is 2.78. The molecule has 1 N–H and O–H groups in total. The highest BCUT2D eigenvalue weighted by Gasteiger charge is 2.33. The monoisotopic (exact) mass is 403 g/mol. The number of nitrogens with zero attached hydrogens (tertiary/aromatic N) is 4. The van der Waals surface area contributed by atoms with E-state index >= 15 is 0 Å². The SMILES string of the molecule is Cc1n[nH]c2cc(F)c(N3CCN(S(C)(=O)=O)C[C@H]3Cc3ccccc3)nc12. The predicted octanol–water partition coefficient (Wildman–Crippen LogP) is 2.10. The number of aromatic amines is 1. The highest BCUT2D eigenvalue weighted by atomic mass is 32.2. The molecule has 1 aliphatic heterocycles. The highest BCUT2D eigenvalue weighted by Crippen LogP contribution is 2.28. The zero-order valence-electron chi connectivity index (χ0n) is 15.8. The molecule has 1 aliphatic rings. The van der Waals surface area contributed by atoms with E-state index in [-0.39, 0.29) is 18.4 Å². The molecule has 1 atom stereocenters. The first-order chi connectivity index (χ1) is 13.3. The fraction of sp³-hybridized carbons (Fsp3) is 0.368. The van der Waals surface area contributed by atoms with Crippen molar-refractivity contribution in [1.82, 2.24) is 19.5 Å². The van der Waals surface area contributed by atoms with Gasteiger partial charge in [0.1, 0.15) is 5.52 Å². The van der Waals surface area contributed by atoms with E-state index in [1.165, 1.54) is 16.6 Å². The van der Waals surface area contributed by atoms with Gasteiger partial charge in [0.05, 0.1) is 17.5 Å². The number of fused-ring (bicyclic) bond motifs is 1. The van der Waals surface area contributed by atoms with Gasteiger partial charge >= 0.3 is 0 Å². The van der Waals surface area contributed by atoms with Gasteiger partial charge in [-0.25, -0.2) is 17.8 Å². The van der Waals surface area contributed by atoms with Crippen LogP contribution in [0, 0.1) is 12.7 Å². The Bertz CT molecular complexity index is 1100. The Kier molecular flexibility index (Phi) is 4.80. The molecule has 0 spiro atoms. The van der Waals surface area contributed by atoms with Crippen LogP contribution in [-0.2, 0) is 16.4 Å². The Morgan fingerprint density at radius 1 is 1.25 bits per heavy atom. The average molecular weight is 403 g/mol. The summed E-state index contributed by atoms with van der Waals surface area (Å²) in [4.78, 5) is 6.41. The first kappa shape index (κ1) is 18.8. The number of pyridine rings is 1. The van der Waals surface area contributed by atoms with Gasteiger partial charge in [-0.15, -0.1) is 0 Å². The second-order valence-electron chi connectivity index (χ2n) is 7.16. The number of benzene rings is 1. The lowest BCUT2D eigenvalue weighted by Gasteiger charge is -2.41. The first-order valence-corrected chi connectivity index (χ1v) is 10.9. The topological polar surface area (TPSA) is 82.2 Å². The van der Waals surface area contributed by atoms with Crippen molar-refractivity contribution in [2.45, 2.75) is 19.4 Å². The molecule has 0 saturated carbocycles. The van der Waals surface area contributed by atoms with Crippen molar-refractivity contribution in [2.75, 3.05) is 30.8 Å². The lowest BCUT2D eigenvalue weighted by atomic mass is 10.0. The molecule has 1 aromatic carbocycles. The van der Waals surface area contributed by atoms with Crippen molar-refractivity contribution >= 4 is 26.9 Å². The van der Waals surface area contributed by atoms with Crippen LogP contribution >= 0.6 is 0 Å². The van der Waals surface area contributed by atoms with Gasteiger partial charge < -0.3 is 4.90 Å². The number of sulfonamides is 1. The third kappa shape index (κ3) is 3.59. The molecule has 0 unspecified atom stereocenters. The number of hydrogen-bond acceptors (Lipinski definition) is 5. The number of rotatable bonds is 4. The van der Waals surface area contributed by atoms with Crippen molar-refractivity contribution < 1.29 is 12.8 Å². The van der Waals surface area contributed by atoms with Crippen LogP contribution in [-0.4, -0.2) is 59.8 Å². The summed E-state index contributed by atoms with van der Waals surface area (Å²) in [6, 6.07) is 11.0. The van der Waals surface area contributed by atoms with Crippen molar-refractivity contribution in [3.63, 3.8) is 0 Å². The summed E-state index contributed by atoms with van der Waals surface area (Å²) in [5.41, 5.74) is 2.94. The largest absolute Gasteiger partial charge is 0.348 e. The maximum atomic E-state index is 14.9. The quantitative estimate of drug-likeness (QED) is 0.721. The van der Waals surface area contributed by atoms with Gasteiger partial charge in [-0.3, -0.25) is 5.10 Å². The van der Waals surface area contributed by atoms with Gasteiger partial charge in [-0.1, -0.05) is 30.3 Å². The molecule has 4 rings (SSSR count). The third-order valence-electron chi connectivity index (χ3n) is 5.14. The summed E-state index contributed by atoms with van der Waals surface area (Å²) in [7, 11) is -3.32.